The van der Waals surface area contributed by atoms with Gasteiger partial charge in [-0.15, -0.1) is 0 Å². The molecule has 0 bridgehead atoms. The molecule has 3 rings (SSSR count). The second-order valence-corrected chi connectivity index (χ2v) is 6.94. The van der Waals surface area contributed by atoms with Gasteiger partial charge in [0.25, 0.3) is 0 Å². The number of benzene rings is 2. The SMILES string of the molecule is COc1ccccc1C[C@H](C)NC1CC(c2ccc(Cl)cc2)C1. The Morgan fingerprint density at radius 1 is 1.13 bits per heavy atom. The number of ether oxygens (including phenoxy) is 1. The predicted molar refractivity (Wildman–Crippen MR) is 96.5 cm³/mol. The topological polar surface area (TPSA) is 21.3 Å². The largest absolute Gasteiger partial charge is 0.496 e. The zero-order valence-corrected chi connectivity index (χ0v) is 14.5. The zero-order valence-electron chi connectivity index (χ0n) is 13.8. The van der Waals surface area contributed by atoms with E-state index in [4.69, 9.17) is 16.3 Å². The van der Waals surface area contributed by atoms with Crippen LogP contribution in [0.3, 0.4) is 0 Å². The molecule has 2 nitrogen and oxygen atoms in total. The van der Waals surface area contributed by atoms with Crippen molar-refractivity contribution in [2.75, 3.05) is 7.11 Å². The summed E-state index contributed by atoms with van der Waals surface area (Å²) in [6.07, 6.45) is 3.40. The van der Waals surface area contributed by atoms with E-state index in [2.05, 4.69) is 36.5 Å². The first kappa shape index (κ1) is 16.4. The molecular formula is C20H24ClNO. The van der Waals surface area contributed by atoms with Crippen molar-refractivity contribution in [2.45, 2.75) is 44.2 Å². The molecule has 0 radical (unpaired) electrons. The quantitative estimate of drug-likeness (QED) is 0.820. The molecule has 122 valence electrons. The molecule has 1 aliphatic rings. The van der Waals surface area contributed by atoms with Crippen LogP contribution in [-0.2, 0) is 6.42 Å². The third-order valence-electron chi connectivity index (χ3n) is 4.72. The van der Waals surface area contributed by atoms with Crippen molar-refractivity contribution in [3.63, 3.8) is 0 Å². The second-order valence-electron chi connectivity index (χ2n) is 6.50. The summed E-state index contributed by atoms with van der Waals surface area (Å²) >= 11 is 5.95. The minimum atomic E-state index is 0.447. The molecular weight excluding hydrogens is 306 g/mol. The lowest BCUT2D eigenvalue weighted by atomic mass is 9.75. The van der Waals surface area contributed by atoms with Crippen LogP contribution in [0.4, 0.5) is 0 Å². The highest BCUT2D eigenvalue weighted by Crippen LogP contribution is 2.37. The van der Waals surface area contributed by atoms with E-state index in [1.807, 2.05) is 24.3 Å². The minimum absolute atomic E-state index is 0.447. The van der Waals surface area contributed by atoms with Gasteiger partial charge in [0.2, 0.25) is 0 Å². The zero-order chi connectivity index (χ0) is 16.2. The normalized spacial score (nSPS) is 21.5. The smallest absolute Gasteiger partial charge is 0.122 e. The van der Waals surface area contributed by atoms with Gasteiger partial charge in [0.05, 0.1) is 7.11 Å². The Labute approximate surface area is 143 Å². The van der Waals surface area contributed by atoms with Gasteiger partial charge in [-0.05, 0) is 61.4 Å². The fourth-order valence-electron chi connectivity index (χ4n) is 3.42. The van der Waals surface area contributed by atoms with Gasteiger partial charge < -0.3 is 10.1 Å². The Morgan fingerprint density at radius 3 is 2.52 bits per heavy atom. The number of rotatable bonds is 6. The first-order valence-corrected chi connectivity index (χ1v) is 8.67. The maximum atomic E-state index is 5.95. The third-order valence-corrected chi connectivity index (χ3v) is 4.97. The molecule has 2 aromatic carbocycles. The molecule has 1 aliphatic carbocycles. The van der Waals surface area contributed by atoms with Crippen molar-refractivity contribution in [1.82, 2.24) is 5.32 Å². The van der Waals surface area contributed by atoms with Gasteiger partial charge in [0, 0.05) is 17.1 Å². The van der Waals surface area contributed by atoms with Crippen molar-refractivity contribution in [1.29, 1.82) is 0 Å². The molecule has 1 fully saturated rings. The van der Waals surface area contributed by atoms with E-state index in [9.17, 15) is 0 Å². The summed E-state index contributed by atoms with van der Waals surface area (Å²) < 4.78 is 5.44. The second kappa shape index (κ2) is 7.37. The summed E-state index contributed by atoms with van der Waals surface area (Å²) in [6.45, 7) is 2.25. The lowest BCUT2D eigenvalue weighted by Gasteiger charge is -2.38. The van der Waals surface area contributed by atoms with E-state index in [0.717, 1.165) is 17.2 Å². The number of nitrogens with one attached hydrogen (secondary N) is 1. The van der Waals surface area contributed by atoms with E-state index in [1.54, 1.807) is 7.11 Å². The molecule has 0 amide bonds. The molecule has 0 saturated heterocycles. The molecule has 0 spiro atoms. The van der Waals surface area contributed by atoms with E-state index in [0.29, 0.717) is 18.0 Å². The van der Waals surface area contributed by atoms with Gasteiger partial charge in [-0.2, -0.15) is 0 Å². The first-order valence-electron chi connectivity index (χ1n) is 8.29. The first-order chi connectivity index (χ1) is 11.2. The third kappa shape index (κ3) is 4.07. The Bertz CT molecular complexity index is 634. The molecule has 1 saturated carbocycles. The highest BCUT2D eigenvalue weighted by Gasteiger charge is 2.30. The lowest BCUT2D eigenvalue weighted by molar-refractivity contribution is 0.268. The van der Waals surface area contributed by atoms with Crippen LogP contribution in [0.1, 0.15) is 36.8 Å². The number of hydrogen-bond donors (Lipinski definition) is 1. The van der Waals surface area contributed by atoms with Crippen LogP contribution in [0.25, 0.3) is 0 Å². The van der Waals surface area contributed by atoms with E-state index in [1.165, 1.54) is 24.0 Å². The van der Waals surface area contributed by atoms with Crippen molar-refractivity contribution < 1.29 is 4.74 Å². The molecule has 0 heterocycles. The highest BCUT2D eigenvalue weighted by molar-refractivity contribution is 6.30. The van der Waals surface area contributed by atoms with Crippen LogP contribution in [0.2, 0.25) is 5.02 Å². The lowest BCUT2D eigenvalue weighted by Crippen LogP contribution is -2.45. The van der Waals surface area contributed by atoms with Gasteiger partial charge in [0.15, 0.2) is 0 Å². The Morgan fingerprint density at radius 2 is 1.83 bits per heavy atom. The molecule has 0 aromatic heterocycles. The van der Waals surface area contributed by atoms with Gasteiger partial charge in [-0.1, -0.05) is 41.9 Å². The van der Waals surface area contributed by atoms with Crippen LogP contribution in [-0.4, -0.2) is 19.2 Å². The van der Waals surface area contributed by atoms with Gasteiger partial charge >= 0.3 is 0 Å². The number of methoxy groups -OCH3 is 1. The van der Waals surface area contributed by atoms with Gasteiger partial charge in [-0.25, -0.2) is 0 Å². The Hall–Kier alpha value is -1.51. The van der Waals surface area contributed by atoms with Gasteiger partial charge in [-0.3, -0.25) is 0 Å². The molecule has 1 atom stereocenters. The van der Waals surface area contributed by atoms with Crippen LogP contribution in [0, 0.1) is 0 Å². The van der Waals surface area contributed by atoms with E-state index < -0.39 is 0 Å². The van der Waals surface area contributed by atoms with Crippen molar-refractivity contribution in [3.05, 3.63) is 64.7 Å². The Kier molecular flexibility index (Phi) is 5.24. The van der Waals surface area contributed by atoms with Crippen LogP contribution < -0.4 is 10.1 Å². The molecule has 2 aromatic rings. The van der Waals surface area contributed by atoms with E-state index in [-0.39, 0.29) is 0 Å². The summed E-state index contributed by atoms with van der Waals surface area (Å²) in [5, 5.41) is 4.56. The fourth-order valence-corrected chi connectivity index (χ4v) is 3.55. The summed E-state index contributed by atoms with van der Waals surface area (Å²) in [4.78, 5) is 0. The molecule has 1 N–H and O–H groups in total. The van der Waals surface area contributed by atoms with Crippen LogP contribution in [0.15, 0.2) is 48.5 Å². The maximum Gasteiger partial charge on any atom is 0.122 e. The Balaban J connectivity index is 1.48. The standard InChI is InChI=1S/C20H24ClNO/c1-14(11-16-5-3-4-6-20(16)23-2)22-19-12-17(13-19)15-7-9-18(21)10-8-15/h3-10,14,17,19,22H,11-13H2,1-2H3/t14-,17?,19?/m0/s1. The molecule has 23 heavy (non-hydrogen) atoms. The van der Waals surface area contributed by atoms with Gasteiger partial charge in [0.1, 0.15) is 5.75 Å². The predicted octanol–water partition coefficient (Wildman–Crippen LogP) is 4.82. The van der Waals surface area contributed by atoms with Crippen molar-refractivity contribution >= 4 is 11.6 Å². The number of halogens is 1. The van der Waals surface area contributed by atoms with E-state index >= 15 is 0 Å². The maximum absolute atomic E-state index is 5.95. The summed E-state index contributed by atoms with van der Waals surface area (Å²) in [5.41, 5.74) is 2.67. The summed E-state index contributed by atoms with van der Waals surface area (Å²) in [6, 6.07) is 17.6. The molecule has 3 heteroatoms. The molecule has 0 aliphatic heterocycles. The highest BCUT2D eigenvalue weighted by atomic mass is 35.5. The van der Waals surface area contributed by atoms with Crippen molar-refractivity contribution in [2.24, 2.45) is 0 Å². The van der Waals surface area contributed by atoms with Crippen LogP contribution in [0.5, 0.6) is 5.75 Å². The van der Waals surface area contributed by atoms with Crippen molar-refractivity contribution in [3.8, 4) is 5.75 Å². The minimum Gasteiger partial charge on any atom is -0.496 e. The average molecular weight is 330 g/mol. The number of hydrogen-bond acceptors (Lipinski definition) is 2. The molecule has 0 unspecified atom stereocenters. The average Bonchev–Trinajstić information content (AvgIpc) is 2.52. The fraction of sp³-hybridized carbons (Fsp3) is 0.400. The monoisotopic (exact) mass is 329 g/mol. The van der Waals surface area contributed by atoms with Crippen LogP contribution >= 0.6 is 11.6 Å². The number of para-hydroxylation sites is 1. The summed E-state index contributed by atoms with van der Waals surface area (Å²) in [5.74, 6) is 1.65. The summed E-state index contributed by atoms with van der Waals surface area (Å²) in [7, 11) is 1.74.